The number of hydrogen-bond donors (Lipinski definition) is 0. The van der Waals surface area contributed by atoms with Crippen molar-refractivity contribution in [3.63, 3.8) is 0 Å². The van der Waals surface area contributed by atoms with Gasteiger partial charge in [0, 0.05) is 16.6 Å². The molecular weight excluding hydrogens is 319 g/mol. The fourth-order valence-electron chi connectivity index (χ4n) is 4.36. The number of hydrogen-bond acceptors (Lipinski definition) is 2. The van der Waals surface area contributed by atoms with Gasteiger partial charge in [0.25, 0.3) is 0 Å². The van der Waals surface area contributed by atoms with Crippen molar-refractivity contribution in [1.29, 1.82) is 0 Å². The summed E-state index contributed by atoms with van der Waals surface area (Å²) in [7, 11) is 2.00. The van der Waals surface area contributed by atoms with E-state index < -0.39 is 0 Å². The lowest BCUT2D eigenvalue weighted by molar-refractivity contribution is -0.658. The van der Waals surface area contributed by atoms with Crippen LogP contribution in [-0.2, 0) is 7.05 Å². The molecule has 3 heterocycles. The summed E-state index contributed by atoms with van der Waals surface area (Å²) in [5, 5.41) is 0. The van der Waals surface area contributed by atoms with E-state index in [1.807, 2.05) is 0 Å². The first-order valence-electron chi connectivity index (χ1n) is 9.14. The Balaban J connectivity index is 1.90. The van der Waals surface area contributed by atoms with Gasteiger partial charge >= 0.3 is 12.9 Å². The van der Waals surface area contributed by atoms with Crippen LogP contribution in [0.3, 0.4) is 0 Å². The normalized spacial score (nSPS) is 13.7. The molecule has 0 unspecified atom stereocenters. The van der Waals surface area contributed by atoms with Gasteiger partial charge in [-0.2, -0.15) is 0 Å². The Morgan fingerprint density at radius 1 is 0.885 bits per heavy atom. The van der Waals surface area contributed by atoms with Crippen LogP contribution in [0.25, 0.3) is 11.1 Å². The van der Waals surface area contributed by atoms with E-state index in [4.69, 9.17) is 4.65 Å². The highest BCUT2D eigenvalue weighted by Crippen LogP contribution is 2.48. The molecule has 0 aliphatic carbocycles. The number of pyridine rings is 1. The van der Waals surface area contributed by atoms with E-state index in [1.54, 1.807) is 0 Å². The van der Waals surface area contributed by atoms with Crippen molar-refractivity contribution in [2.75, 3.05) is 4.81 Å². The molecule has 0 atom stereocenters. The minimum absolute atomic E-state index is 0.110. The third-order valence-corrected chi connectivity index (χ3v) is 6.01. The Labute approximate surface area is 155 Å². The van der Waals surface area contributed by atoms with E-state index in [-0.39, 0.29) is 7.05 Å². The second-order valence-electron chi connectivity index (χ2n) is 7.53. The van der Waals surface area contributed by atoms with Gasteiger partial charge in [-0.05, 0) is 56.0 Å². The third kappa shape index (κ3) is 1.82. The largest absolute Gasteiger partial charge is 0.648 e. The molecular formula is C22H22BN2O+. The van der Waals surface area contributed by atoms with Gasteiger partial charge < -0.3 is 4.65 Å². The summed E-state index contributed by atoms with van der Waals surface area (Å²) in [6, 6.07) is 13.1. The number of benzene rings is 2. The van der Waals surface area contributed by atoms with Crippen molar-refractivity contribution < 1.29 is 9.22 Å². The third-order valence-electron chi connectivity index (χ3n) is 6.01. The Bertz CT molecular complexity index is 1090. The van der Waals surface area contributed by atoms with Crippen LogP contribution in [-0.4, -0.2) is 7.05 Å². The number of rotatable bonds is 0. The lowest BCUT2D eigenvalue weighted by atomic mass is 9.64. The van der Waals surface area contributed by atoms with Gasteiger partial charge in [-0.1, -0.05) is 30.3 Å². The van der Waals surface area contributed by atoms with Crippen molar-refractivity contribution in [2.24, 2.45) is 7.05 Å². The molecule has 0 bridgehead atoms. The molecule has 128 valence electrons. The highest BCUT2D eigenvalue weighted by Gasteiger charge is 2.55. The number of nitrogens with zero attached hydrogens (tertiary/aromatic N) is 2. The Morgan fingerprint density at radius 2 is 1.65 bits per heavy atom. The minimum Gasteiger partial charge on any atom is -0.512 e. The lowest BCUT2D eigenvalue weighted by Gasteiger charge is -2.27. The molecule has 0 fully saturated rings. The minimum atomic E-state index is -0.110. The van der Waals surface area contributed by atoms with E-state index in [2.05, 4.69) is 86.7 Å². The lowest BCUT2D eigenvalue weighted by Crippen LogP contribution is -2.52. The number of aryl methyl sites for hydroxylation is 3. The van der Waals surface area contributed by atoms with Gasteiger partial charge in [-0.25, -0.2) is 9.38 Å². The molecule has 0 saturated heterocycles. The van der Waals surface area contributed by atoms with Crippen LogP contribution in [0, 0.1) is 27.7 Å². The quantitative estimate of drug-likeness (QED) is 0.458. The van der Waals surface area contributed by atoms with E-state index in [9.17, 15) is 0 Å². The summed E-state index contributed by atoms with van der Waals surface area (Å²) >= 11 is 0. The average molecular weight is 341 g/mol. The summed E-state index contributed by atoms with van der Waals surface area (Å²) in [5.74, 6) is 2.14. The van der Waals surface area contributed by atoms with E-state index in [0.29, 0.717) is 0 Å². The predicted molar refractivity (Wildman–Crippen MR) is 107 cm³/mol. The molecule has 3 aromatic rings. The Kier molecular flexibility index (Phi) is 3.06. The second-order valence-corrected chi connectivity index (χ2v) is 7.53. The van der Waals surface area contributed by atoms with Crippen molar-refractivity contribution in [2.45, 2.75) is 27.7 Å². The van der Waals surface area contributed by atoms with Gasteiger partial charge in [0.1, 0.15) is 5.69 Å². The molecule has 3 nitrogen and oxygen atoms in total. The van der Waals surface area contributed by atoms with Gasteiger partial charge in [0.2, 0.25) is 0 Å². The van der Waals surface area contributed by atoms with Crippen molar-refractivity contribution in [3.8, 4) is 16.9 Å². The summed E-state index contributed by atoms with van der Waals surface area (Å²) in [6.45, 7) is 8.71. The molecule has 0 N–H and O–H groups in total. The van der Waals surface area contributed by atoms with E-state index in [1.165, 1.54) is 44.5 Å². The molecule has 0 saturated carbocycles. The molecule has 2 aliphatic rings. The van der Waals surface area contributed by atoms with Gasteiger partial charge in [-0.3, -0.25) is 0 Å². The SMILES string of the molecule is Cc1c[n+](C)c2c(c1C)OB1c3ccccc3-c3ccc(C)c(C)c3N12. The summed E-state index contributed by atoms with van der Waals surface area (Å²) in [6.07, 6.45) is 2.20. The first-order chi connectivity index (χ1) is 12.5. The number of fused-ring (bicyclic) bond motifs is 8. The van der Waals surface area contributed by atoms with E-state index >= 15 is 0 Å². The average Bonchev–Trinajstić information content (AvgIpc) is 3.04. The fraction of sp³-hybridized carbons (Fsp3) is 0.227. The summed E-state index contributed by atoms with van der Waals surface area (Å²) < 4.78 is 8.79. The van der Waals surface area contributed by atoms with Crippen LogP contribution in [0.2, 0.25) is 0 Å². The second kappa shape index (κ2) is 5.13. The van der Waals surface area contributed by atoms with Gasteiger partial charge in [0.05, 0.1) is 13.2 Å². The van der Waals surface area contributed by atoms with Crippen LogP contribution in [0.5, 0.6) is 5.75 Å². The first kappa shape index (κ1) is 15.5. The molecule has 0 spiro atoms. The van der Waals surface area contributed by atoms with Crippen LogP contribution in [0.1, 0.15) is 22.3 Å². The highest BCUT2D eigenvalue weighted by atomic mass is 16.5. The summed E-state index contributed by atoms with van der Waals surface area (Å²) in [4.78, 5) is 2.39. The number of anilines is 2. The zero-order valence-corrected chi connectivity index (χ0v) is 15.9. The van der Waals surface area contributed by atoms with Crippen LogP contribution in [0.4, 0.5) is 11.5 Å². The van der Waals surface area contributed by atoms with Gasteiger partial charge in [0.15, 0.2) is 5.75 Å². The molecule has 5 rings (SSSR count). The maximum Gasteiger partial charge on any atom is 0.648 e. The topological polar surface area (TPSA) is 16.4 Å². The Hall–Kier alpha value is -2.75. The molecule has 0 radical (unpaired) electrons. The molecule has 4 heteroatoms. The smallest absolute Gasteiger partial charge is 0.512 e. The zero-order chi connectivity index (χ0) is 18.2. The first-order valence-corrected chi connectivity index (χ1v) is 9.14. The maximum absolute atomic E-state index is 6.59. The maximum atomic E-state index is 6.59. The monoisotopic (exact) mass is 341 g/mol. The van der Waals surface area contributed by atoms with E-state index in [0.717, 1.165) is 11.6 Å². The van der Waals surface area contributed by atoms with Crippen LogP contribution in [0.15, 0.2) is 42.6 Å². The van der Waals surface area contributed by atoms with Crippen LogP contribution >= 0.6 is 0 Å². The predicted octanol–water partition coefficient (Wildman–Crippen LogP) is 3.65. The molecule has 26 heavy (non-hydrogen) atoms. The van der Waals surface area contributed by atoms with Crippen molar-refractivity contribution >= 4 is 24.0 Å². The summed E-state index contributed by atoms with van der Waals surface area (Å²) in [5.41, 5.74) is 10.2. The molecule has 0 amide bonds. The standard InChI is InChI=1S/C22H22BN2O/c1-13-10-11-18-17-8-6-7-9-19(17)23-25(20(18)15(13)3)22-21(26-23)16(4)14(2)12-24(22)5/h6-12H,1-5H3/q+1. The highest BCUT2D eigenvalue weighted by molar-refractivity contribution is 6.77. The van der Waals surface area contributed by atoms with Crippen LogP contribution < -0.4 is 19.5 Å². The fourth-order valence-corrected chi connectivity index (χ4v) is 4.36. The Morgan fingerprint density at radius 3 is 2.46 bits per heavy atom. The van der Waals surface area contributed by atoms with Crippen molar-refractivity contribution in [1.82, 2.24) is 0 Å². The van der Waals surface area contributed by atoms with Crippen molar-refractivity contribution in [3.05, 3.63) is 64.8 Å². The zero-order valence-electron chi connectivity index (χ0n) is 15.9. The molecule has 1 aromatic heterocycles. The number of aromatic nitrogens is 1. The molecule has 2 aromatic carbocycles. The van der Waals surface area contributed by atoms with Gasteiger partial charge in [-0.15, -0.1) is 0 Å². The molecule has 2 aliphatic heterocycles.